The van der Waals surface area contributed by atoms with Crippen molar-refractivity contribution >= 4 is 34.7 Å². The van der Waals surface area contributed by atoms with Crippen LogP contribution < -0.4 is 16.0 Å². The van der Waals surface area contributed by atoms with Crippen molar-refractivity contribution in [1.82, 2.24) is 10.6 Å². The average Bonchev–Trinajstić information content (AvgIpc) is 3.15. The predicted molar refractivity (Wildman–Crippen MR) is 104 cm³/mol. The topological polar surface area (TPSA) is 87.3 Å². The predicted octanol–water partition coefficient (Wildman–Crippen LogP) is 2.95. The molecule has 0 aliphatic heterocycles. The van der Waals surface area contributed by atoms with Crippen molar-refractivity contribution in [1.29, 1.82) is 0 Å². The molecule has 6 nitrogen and oxygen atoms in total. The van der Waals surface area contributed by atoms with Crippen LogP contribution in [0.4, 0.5) is 5.69 Å². The van der Waals surface area contributed by atoms with Gasteiger partial charge in [0.05, 0.1) is 4.88 Å². The smallest absolute Gasteiger partial charge is 0.261 e. The Balaban J connectivity index is 1.81. The van der Waals surface area contributed by atoms with Crippen LogP contribution in [0.1, 0.15) is 45.4 Å². The van der Waals surface area contributed by atoms with Gasteiger partial charge in [0.15, 0.2) is 0 Å². The van der Waals surface area contributed by atoms with Crippen molar-refractivity contribution in [3.63, 3.8) is 0 Å². The van der Waals surface area contributed by atoms with E-state index in [1.807, 2.05) is 25.3 Å². The van der Waals surface area contributed by atoms with E-state index in [9.17, 15) is 14.4 Å². The summed E-state index contributed by atoms with van der Waals surface area (Å²) in [5, 5.41) is 10.2. The number of carbonyl (C=O) groups is 3. The summed E-state index contributed by atoms with van der Waals surface area (Å²) >= 11 is 1.38. The molecule has 0 radical (unpaired) electrons. The second-order valence-corrected chi connectivity index (χ2v) is 6.72. The summed E-state index contributed by atoms with van der Waals surface area (Å²) in [4.78, 5) is 36.5. The third-order valence-corrected chi connectivity index (χ3v) is 4.59. The number of benzene rings is 1. The van der Waals surface area contributed by atoms with Gasteiger partial charge in [0.25, 0.3) is 11.8 Å². The summed E-state index contributed by atoms with van der Waals surface area (Å²) in [5.74, 6) is -0.434. The number of thiophene rings is 1. The first-order valence-corrected chi connectivity index (χ1v) is 9.39. The monoisotopic (exact) mass is 373 g/mol. The van der Waals surface area contributed by atoms with Crippen LogP contribution >= 0.6 is 11.3 Å². The largest absolute Gasteiger partial charge is 0.352 e. The molecule has 0 fully saturated rings. The second kappa shape index (κ2) is 9.72. The Bertz CT molecular complexity index is 772. The maximum absolute atomic E-state index is 12.1. The summed E-state index contributed by atoms with van der Waals surface area (Å²) in [6, 6.07) is 8.80. The van der Waals surface area contributed by atoms with Crippen molar-refractivity contribution in [2.24, 2.45) is 0 Å². The van der Waals surface area contributed by atoms with Crippen LogP contribution in [-0.4, -0.2) is 30.8 Å². The van der Waals surface area contributed by atoms with Crippen LogP contribution in [0.3, 0.4) is 0 Å². The maximum atomic E-state index is 12.1. The Morgan fingerprint density at radius 3 is 2.58 bits per heavy atom. The summed E-state index contributed by atoms with van der Waals surface area (Å²) in [6.45, 7) is 4.71. The highest BCUT2D eigenvalue weighted by atomic mass is 32.1. The zero-order chi connectivity index (χ0) is 18.9. The van der Waals surface area contributed by atoms with Crippen molar-refractivity contribution in [2.75, 3.05) is 18.4 Å². The zero-order valence-electron chi connectivity index (χ0n) is 14.9. The molecular weight excluding hydrogens is 350 g/mol. The number of nitrogens with one attached hydrogen (secondary N) is 3. The van der Waals surface area contributed by atoms with Gasteiger partial charge in [-0.3, -0.25) is 14.4 Å². The molecule has 138 valence electrons. The van der Waals surface area contributed by atoms with Gasteiger partial charge in [-0.15, -0.1) is 11.3 Å². The van der Waals surface area contributed by atoms with Crippen molar-refractivity contribution in [3.05, 3.63) is 51.7 Å². The standard InChI is InChI=1S/C19H23N3O3S/c1-3-20-18(24)14-9-8-13(2)15(12-14)22-17(23)7-4-10-21-19(25)16-6-5-11-26-16/h5-6,8-9,11-12H,3-4,7,10H2,1-2H3,(H,20,24)(H,21,25)(H,22,23). The molecule has 1 aromatic heterocycles. The molecule has 7 heteroatoms. The molecule has 26 heavy (non-hydrogen) atoms. The lowest BCUT2D eigenvalue weighted by Gasteiger charge is -2.11. The highest BCUT2D eigenvalue weighted by Crippen LogP contribution is 2.17. The van der Waals surface area contributed by atoms with Gasteiger partial charge in [0.1, 0.15) is 0 Å². The van der Waals surface area contributed by atoms with E-state index >= 15 is 0 Å². The number of hydrogen-bond donors (Lipinski definition) is 3. The minimum atomic E-state index is -0.167. The number of carbonyl (C=O) groups excluding carboxylic acids is 3. The van der Waals surface area contributed by atoms with Crippen LogP contribution in [-0.2, 0) is 4.79 Å². The van der Waals surface area contributed by atoms with Crippen LogP contribution in [0.15, 0.2) is 35.7 Å². The third-order valence-electron chi connectivity index (χ3n) is 3.72. The van der Waals surface area contributed by atoms with Crippen molar-refractivity contribution < 1.29 is 14.4 Å². The minimum absolute atomic E-state index is 0.120. The van der Waals surface area contributed by atoms with E-state index in [2.05, 4.69) is 16.0 Å². The summed E-state index contributed by atoms with van der Waals surface area (Å²) in [6.07, 6.45) is 0.827. The normalized spacial score (nSPS) is 10.2. The van der Waals surface area contributed by atoms with Gasteiger partial charge in [-0.1, -0.05) is 12.1 Å². The highest BCUT2D eigenvalue weighted by Gasteiger charge is 2.10. The molecule has 0 aliphatic rings. The van der Waals surface area contributed by atoms with Gasteiger partial charge < -0.3 is 16.0 Å². The van der Waals surface area contributed by atoms with Crippen LogP contribution in [0, 0.1) is 6.92 Å². The number of aryl methyl sites for hydroxylation is 1. The first-order valence-electron chi connectivity index (χ1n) is 8.51. The van der Waals surface area contributed by atoms with Crippen molar-refractivity contribution in [3.8, 4) is 0 Å². The average molecular weight is 373 g/mol. The molecule has 3 N–H and O–H groups in total. The third kappa shape index (κ3) is 5.70. The lowest BCUT2D eigenvalue weighted by Crippen LogP contribution is -2.25. The van der Waals surface area contributed by atoms with E-state index in [-0.39, 0.29) is 24.1 Å². The maximum Gasteiger partial charge on any atom is 0.261 e. The van der Waals surface area contributed by atoms with E-state index in [4.69, 9.17) is 0 Å². The van der Waals surface area contributed by atoms with E-state index in [1.54, 1.807) is 24.3 Å². The number of hydrogen-bond acceptors (Lipinski definition) is 4. The molecule has 3 amide bonds. The van der Waals surface area contributed by atoms with E-state index < -0.39 is 0 Å². The van der Waals surface area contributed by atoms with E-state index in [1.165, 1.54) is 11.3 Å². The zero-order valence-corrected chi connectivity index (χ0v) is 15.7. The summed E-state index contributed by atoms with van der Waals surface area (Å²) in [7, 11) is 0. The van der Waals surface area contributed by atoms with E-state index in [0.717, 1.165) is 5.56 Å². The summed E-state index contributed by atoms with van der Waals surface area (Å²) < 4.78 is 0. The van der Waals surface area contributed by atoms with Crippen LogP contribution in [0.25, 0.3) is 0 Å². The Morgan fingerprint density at radius 1 is 1.08 bits per heavy atom. The van der Waals surface area contributed by atoms with Gasteiger partial charge in [-0.05, 0) is 49.4 Å². The van der Waals surface area contributed by atoms with Gasteiger partial charge in [-0.25, -0.2) is 0 Å². The SMILES string of the molecule is CCNC(=O)c1ccc(C)c(NC(=O)CCCNC(=O)c2cccs2)c1. The molecule has 1 aromatic carbocycles. The fraction of sp³-hybridized carbons (Fsp3) is 0.316. The van der Waals surface area contributed by atoms with Gasteiger partial charge in [-0.2, -0.15) is 0 Å². The van der Waals surface area contributed by atoms with Crippen molar-refractivity contribution in [2.45, 2.75) is 26.7 Å². The minimum Gasteiger partial charge on any atom is -0.352 e. The Kier molecular flexibility index (Phi) is 7.35. The molecule has 0 bridgehead atoms. The molecule has 1 heterocycles. The quantitative estimate of drug-likeness (QED) is 0.622. The molecule has 0 saturated carbocycles. The second-order valence-electron chi connectivity index (χ2n) is 5.77. The lowest BCUT2D eigenvalue weighted by atomic mass is 10.1. The number of anilines is 1. The first kappa shape index (κ1) is 19.7. The molecule has 0 saturated heterocycles. The van der Waals surface area contributed by atoms with Crippen LogP contribution in [0.2, 0.25) is 0 Å². The number of amides is 3. The highest BCUT2D eigenvalue weighted by molar-refractivity contribution is 7.12. The molecule has 0 atom stereocenters. The van der Waals surface area contributed by atoms with Gasteiger partial charge in [0, 0.05) is 30.8 Å². The fourth-order valence-corrected chi connectivity index (χ4v) is 2.96. The molecule has 2 rings (SSSR count). The van der Waals surface area contributed by atoms with E-state index in [0.29, 0.717) is 35.6 Å². The van der Waals surface area contributed by atoms with Gasteiger partial charge in [0.2, 0.25) is 5.91 Å². The molecule has 0 aliphatic carbocycles. The molecule has 0 spiro atoms. The fourth-order valence-electron chi connectivity index (χ4n) is 2.32. The lowest BCUT2D eigenvalue weighted by molar-refractivity contribution is -0.116. The molecular formula is C19H23N3O3S. The van der Waals surface area contributed by atoms with Crippen LogP contribution in [0.5, 0.6) is 0 Å². The first-order chi connectivity index (χ1) is 12.5. The Hall–Kier alpha value is -2.67. The summed E-state index contributed by atoms with van der Waals surface area (Å²) in [5.41, 5.74) is 2.02. The Labute approximate surface area is 157 Å². The Morgan fingerprint density at radius 2 is 1.88 bits per heavy atom. The molecule has 2 aromatic rings. The molecule has 0 unspecified atom stereocenters. The number of rotatable bonds is 8. The van der Waals surface area contributed by atoms with Gasteiger partial charge >= 0.3 is 0 Å².